The number of nitrogens with one attached hydrogen (secondary N) is 1. The number of H-pyrrole nitrogens is 1. The summed E-state index contributed by atoms with van der Waals surface area (Å²) in [6.45, 7) is 2.74. The van der Waals surface area contributed by atoms with Gasteiger partial charge in [-0.1, -0.05) is 0 Å². The lowest BCUT2D eigenvalue weighted by Crippen LogP contribution is -2.37. The number of hydrogen-bond donors (Lipinski definition) is 0. The highest BCUT2D eigenvalue weighted by molar-refractivity contribution is 6.32. The number of nitrogens with zero attached hydrogens (tertiary/aromatic N) is 1. The molecular formula is C15H16ClN2O3+. The number of carbonyl (C=O) groups is 1. The van der Waals surface area contributed by atoms with E-state index in [2.05, 4.69) is 9.88 Å². The zero-order chi connectivity index (χ0) is 14.8. The SMILES string of the molecule is COc1ccc2[nH+]c(Cl)c(C=O)c(N3CCOCC3)c2c1. The van der Waals surface area contributed by atoms with E-state index in [-0.39, 0.29) is 0 Å². The molecule has 1 N–H and O–H groups in total. The maximum absolute atomic E-state index is 11.5. The zero-order valence-electron chi connectivity index (χ0n) is 11.7. The van der Waals surface area contributed by atoms with Crippen LogP contribution in [0.2, 0.25) is 5.15 Å². The van der Waals surface area contributed by atoms with E-state index in [1.165, 1.54) is 0 Å². The minimum absolute atomic E-state index is 0.351. The van der Waals surface area contributed by atoms with E-state index < -0.39 is 0 Å². The molecule has 1 fully saturated rings. The molecule has 2 aromatic rings. The van der Waals surface area contributed by atoms with Gasteiger partial charge in [-0.3, -0.25) is 4.79 Å². The van der Waals surface area contributed by atoms with Crippen molar-refractivity contribution in [2.45, 2.75) is 0 Å². The van der Waals surface area contributed by atoms with Crippen molar-refractivity contribution < 1.29 is 19.3 Å². The molecule has 1 aromatic carbocycles. The average molecular weight is 308 g/mol. The average Bonchev–Trinajstić information content (AvgIpc) is 2.54. The van der Waals surface area contributed by atoms with Gasteiger partial charge in [0.05, 0.1) is 31.4 Å². The van der Waals surface area contributed by atoms with Gasteiger partial charge in [0.2, 0.25) is 5.52 Å². The first-order valence-electron chi connectivity index (χ1n) is 6.75. The van der Waals surface area contributed by atoms with Crippen molar-refractivity contribution in [3.05, 3.63) is 28.9 Å². The Hall–Kier alpha value is -1.85. The second-order valence-corrected chi connectivity index (χ2v) is 5.21. The summed E-state index contributed by atoms with van der Waals surface area (Å²) >= 11 is 6.23. The number of halogens is 1. The summed E-state index contributed by atoms with van der Waals surface area (Å²) in [7, 11) is 1.62. The topological polar surface area (TPSA) is 52.9 Å². The van der Waals surface area contributed by atoms with Crippen molar-refractivity contribution in [1.29, 1.82) is 0 Å². The Morgan fingerprint density at radius 1 is 1.38 bits per heavy atom. The smallest absolute Gasteiger partial charge is 0.286 e. The molecule has 6 heteroatoms. The van der Waals surface area contributed by atoms with Crippen LogP contribution in [0.25, 0.3) is 10.9 Å². The molecule has 0 amide bonds. The highest BCUT2D eigenvalue weighted by Gasteiger charge is 2.24. The first-order valence-corrected chi connectivity index (χ1v) is 7.13. The third-order valence-corrected chi connectivity index (χ3v) is 3.96. The molecule has 0 bridgehead atoms. The van der Waals surface area contributed by atoms with Gasteiger partial charge in [-0.2, -0.15) is 4.98 Å². The molecule has 0 radical (unpaired) electrons. The summed E-state index contributed by atoms with van der Waals surface area (Å²) in [6.07, 6.45) is 0.794. The summed E-state index contributed by atoms with van der Waals surface area (Å²) in [6, 6.07) is 5.68. The molecule has 0 spiro atoms. The predicted molar refractivity (Wildman–Crippen MR) is 80.5 cm³/mol. The fraction of sp³-hybridized carbons (Fsp3) is 0.333. The summed E-state index contributed by atoms with van der Waals surface area (Å²) in [4.78, 5) is 16.7. The van der Waals surface area contributed by atoms with E-state index in [9.17, 15) is 4.79 Å². The van der Waals surface area contributed by atoms with Crippen LogP contribution in [0, 0.1) is 0 Å². The number of aromatic nitrogens is 1. The molecule has 0 aliphatic carbocycles. The van der Waals surface area contributed by atoms with E-state index in [1.807, 2.05) is 18.2 Å². The van der Waals surface area contributed by atoms with Gasteiger partial charge in [-0.05, 0) is 23.7 Å². The number of ether oxygens (including phenoxy) is 2. The van der Waals surface area contributed by atoms with Crippen molar-refractivity contribution in [2.24, 2.45) is 0 Å². The third kappa shape index (κ3) is 2.54. The molecule has 0 atom stereocenters. The number of rotatable bonds is 3. The molecule has 1 saturated heterocycles. The standard InChI is InChI=1S/C15H15ClN2O3/c1-20-10-2-3-13-11(8-10)14(12(9-19)15(16)17-13)18-4-6-21-7-5-18/h2-3,8-9H,4-7H2,1H3/p+1. The second-order valence-electron chi connectivity index (χ2n) is 4.83. The largest absolute Gasteiger partial charge is 0.497 e. The molecule has 2 heterocycles. The number of anilines is 1. The van der Waals surface area contributed by atoms with Crippen LogP contribution in [0.5, 0.6) is 5.75 Å². The van der Waals surface area contributed by atoms with Gasteiger partial charge < -0.3 is 14.4 Å². The van der Waals surface area contributed by atoms with Crippen LogP contribution in [0.1, 0.15) is 10.4 Å². The van der Waals surface area contributed by atoms with Crippen LogP contribution >= 0.6 is 11.6 Å². The minimum atomic E-state index is 0.351. The number of methoxy groups -OCH3 is 1. The maximum atomic E-state index is 11.5. The van der Waals surface area contributed by atoms with E-state index >= 15 is 0 Å². The van der Waals surface area contributed by atoms with Crippen molar-refractivity contribution in [2.75, 3.05) is 38.3 Å². The lowest BCUT2D eigenvalue weighted by atomic mass is 10.1. The first-order chi connectivity index (χ1) is 10.2. The van der Waals surface area contributed by atoms with Crippen LogP contribution in [-0.4, -0.2) is 39.7 Å². The molecule has 21 heavy (non-hydrogen) atoms. The summed E-state index contributed by atoms with van der Waals surface area (Å²) < 4.78 is 10.7. The number of pyridine rings is 1. The molecule has 5 nitrogen and oxygen atoms in total. The third-order valence-electron chi connectivity index (χ3n) is 3.66. The van der Waals surface area contributed by atoms with Gasteiger partial charge in [0.15, 0.2) is 6.29 Å². The molecule has 1 aliphatic heterocycles. The summed E-state index contributed by atoms with van der Waals surface area (Å²) in [5.41, 5.74) is 2.18. The highest BCUT2D eigenvalue weighted by Crippen LogP contribution is 2.33. The normalized spacial score (nSPS) is 15.2. The van der Waals surface area contributed by atoms with Crippen LogP contribution in [0.4, 0.5) is 5.69 Å². The second kappa shape index (κ2) is 5.87. The fourth-order valence-corrected chi connectivity index (χ4v) is 2.86. The Labute approximate surface area is 127 Å². The molecule has 110 valence electrons. The maximum Gasteiger partial charge on any atom is 0.286 e. The van der Waals surface area contributed by atoms with Crippen LogP contribution in [-0.2, 0) is 4.74 Å². The molecule has 1 aromatic heterocycles. The Kier molecular flexibility index (Phi) is 3.94. The molecule has 3 rings (SSSR count). The number of aldehydes is 1. The number of morpholine rings is 1. The molecule has 0 unspecified atom stereocenters. The van der Waals surface area contributed by atoms with Gasteiger partial charge in [-0.25, -0.2) is 0 Å². The van der Waals surface area contributed by atoms with Crippen molar-refractivity contribution in [1.82, 2.24) is 0 Å². The van der Waals surface area contributed by atoms with Crippen LogP contribution in [0.3, 0.4) is 0 Å². The van der Waals surface area contributed by atoms with Gasteiger partial charge in [0, 0.05) is 19.2 Å². The first kappa shape index (κ1) is 14.1. The lowest BCUT2D eigenvalue weighted by Gasteiger charge is -2.30. The number of aromatic amines is 1. The van der Waals surface area contributed by atoms with Crippen molar-refractivity contribution in [3.63, 3.8) is 0 Å². The van der Waals surface area contributed by atoms with E-state index in [4.69, 9.17) is 21.1 Å². The number of benzene rings is 1. The zero-order valence-corrected chi connectivity index (χ0v) is 12.4. The monoisotopic (exact) mass is 307 g/mol. The molecular weight excluding hydrogens is 292 g/mol. The summed E-state index contributed by atoms with van der Waals surface area (Å²) in [5.74, 6) is 0.740. The van der Waals surface area contributed by atoms with Crippen LogP contribution in [0.15, 0.2) is 18.2 Å². The van der Waals surface area contributed by atoms with Crippen LogP contribution < -0.4 is 14.6 Å². The number of carbonyl (C=O) groups excluding carboxylic acids is 1. The van der Waals surface area contributed by atoms with Gasteiger partial charge >= 0.3 is 0 Å². The predicted octanol–water partition coefficient (Wildman–Crippen LogP) is 1.97. The quantitative estimate of drug-likeness (QED) is 0.642. The molecule has 1 aliphatic rings. The van der Waals surface area contributed by atoms with Crippen molar-refractivity contribution >= 4 is 34.5 Å². The number of hydrogen-bond acceptors (Lipinski definition) is 4. The highest BCUT2D eigenvalue weighted by atomic mass is 35.5. The Bertz CT molecular complexity index is 684. The fourth-order valence-electron chi connectivity index (χ4n) is 2.63. The van der Waals surface area contributed by atoms with Gasteiger partial charge in [0.25, 0.3) is 5.15 Å². The van der Waals surface area contributed by atoms with E-state index in [0.29, 0.717) is 23.9 Å². The van der Waals surface area contributed by atoms with E-state index in [1.54, 1.807) is 7.11 Å². The van der Waals surface area contributed by atoms with Gasteiger partial charge in [-0.15, -0.1) is 0 Å². The van der Waals surface area contributed by atoms with E-state index in [0.717, 1.165) is 41.7 Å². The Morgan fingerprint density at radius 3 is 2.81 bits per heavy atom. The molecule has 0 saturated carbocycles. The Morgan fingerprint density at radius 2 is 2.14 bits per heavy atom. The summed E-state index contributed by atoms with van der Waals surface area (Å²) in [5, 5.41) is 1.27. The Balaban J connectivity index is 2.27. The number of fused-ring (bicyclic) bond motifs is 1. The van der Waals surface area contributed by atoms with Gasteiger partial charge in [0.1, 0.15) is 11.3 Å². The van der Waals surface area contributed by atoms with Crippen molar-refractivity contribution in [3.8, 4) is 5.75 Å². The lowest BCUT2D eigenvalue weighted by molar-refractivity contribution is -0.342. The minimum Gasteiger partial charge on any atom is -0.497 e.